The Bertz CT molecular complexity index is 604. The minimum absolute atomic E-state index is 0.202. The van der Waals surface area contributed by atoms with Crippen molar-refractivity contribution in [3.05, 3.63) is 35.9 Å². The second-order valence-electron chi connectivity index (χ2n) is 7.78. The molecule has 1 aromatic rings. The van der Waals surface area contributed by atoms with Gasteiger partial charge in [-0.3, -0.25) is 4.99 Å². The van der Waals surface area contributed by atoms with Crippen molar-refractivity contribution in [2.24, 2.45) is 4.99 Å². The third-order valence-corrected chi connectivity index (χ3v) is 4.60. The van der Waals surface area contributed by atoms with Crippen molar-refractivity contribution in [3.63, 3.8) is 0 Å². The first-order chi connectivity index (χ1) is 12.3. The van der Waals surface area contributed by atoms with Crippen molar-refractivity contribution in [1.82, 2.24) is 16.0 Å². The number of nitrogens with one attached hydrogen (secondary N) is 3. The third kappa shape index (κ3) is 5.93. The van der Waals surface area contributed by atoms with E-state index in [0.29, 0.717) is 13.1 Å². The van der Waals surface area contributed by atoms with E-state index in [4.69, 9.17) is 4.74 Å². The molecule has 0 atom stereocenters. The van der Waals surface area contributed by atoms with Gasteiger partial charge in [0.05, 0.1) is 0 Å². The minimum Gasteiger partial charge on any atom is -0.444 e. The molecule has 1 aromatic carbocycles. The molecule has 0 spiro atoms. The molecule has 1 amide bonds. The highest BCUT2D eigenvalue weighted by atomic mass is 16.6. The molecule has 2 rings (SSSR count). The fraction of sp³-hybridized carbons (Fsp3) is 0.600. The number of ether oxygens (including phenoxy) is 1. The van der Waals surface area contributed by atoms with Gasteiger partial charge < -0.3 is 20.7 Å². The summed E-state index contributed by atoms with van der Waals surface area (Å²) in [6.07, 6.45) is 3.25. The van der Waals surface area contributed by atoms with Gasteiger partial charge in [-0.25, -0.2) is 4.79 Å². The third-order valence-electron chi connectivity index (χ3n) is 4.60. The fourth-order valence-electron chi connectivity index (χ4n) is 3.10. The summed E-state index contributed by atoms with van der Waals surface area (Å²) < 4.78 is 5.21. The summed E-state index contributed by atoms with van der Waals surface area (Å²) in [6.45, 7) is 7.45. The van der Waals surface area contributed by atoms with Gasteiger partial charge in [-0.05, 0) is 39.2 Å². The number of guanidine groups is 1. The number of hydrogen-bond acceptors (Lipinski definition) is 3. The molecule has 1 aliphatic carbocycles. The molecule has 0 aromatic heterocycles. The Balaban J connectivity index is 1.74. The number of alkyl carbamates (subject to hydrolysis) is 1. The lowest BCUT2D eigenvalue weighted by atomic mass is 9.64. The van der Waals surface area contributed by atoms with E-state index in [1.54, 1.807) is 7.05 Å². The zero-order valence-corrected chi connectivity index (χ0v) is 16.4. The first-order valence-corrected chi connectivity index (χ1v) is 9.32. The second kappa shape index (κ2) is 8.92. The van der Waals surface area contributed by atoms with Crippen LogP contribution in [-0.4, -0.2) is 44.3 Å². The maximum atomic E-state index is 11.6. The predicted octanol–water partition coefficient (Wildman–Crippen LogP) is 2.80. The second-order valence-corrected chi connectivity index (χ2v) is 7.78. The van der Waals surface area contributed by atoms with Gasteiger partial charge in [-0.2, -0.15) is 0 Å². The maximum Gasteiger partial charge on any atom is 0.407 e. The van der Waals surface area contributed by atoms with Crippen LogP contribution >= 0.6 is 0 Å². The first-order valence-electron chi connectivity index (χ1n) is 9.32. The summed E-state index contributed by atoms with van der Waals surface area (Å²) in [5.74, 6) is 0.748. The van der Waals surface area contributed by atoms with E-state index >= 15 is 0 Å². The molecule has 0 saturated heterocycles. The number of amides is 1. The van der Waals surface area contributed by atoms with Gasteiger partial charge in [0, 0.05) is 32.1 Å². The lowest BCUT2D eigenvalue weighted by Crippen LogP contribution is -2.49. The minimum atomic E-state index is -0.483. The van der Waals surface area contributed by atoms with Gasteiger partial charge in [-0.15, -0.1) is 0 Å². The van der Waals surface area contributed by atoms with E-state index < -0.39 is 11.7 Å². The van der Waals surface area contributed by atoms with Crippen molar-refractivity contribution in [1.29, 1.82) is 0 Å². The number of benzene rings is 1. The van der Waals surface area contributed by atoms with Crippen molar-refractivity contribution < 1.29 is 9.53 Å². The highest BCUT2D eigenvalue weighted by Gasteiger charge is 2.38. The van der Waals surface area contributed by atoms with Crippen LogP contribution in [0.1, 0.15) is 45.6 Å². The van der Waals surface area contributed by atoms with Gasteiger partial charge in [0.2, 0.25) is 0 Å². The highest BCUT2D eigenvalue weighted by Crippen LogP contribution is 2.43. The van der Waals surface area contributed by atoms with Gasteiger partial charge >= 0.3 is 6.09 Å². The first kappa shape index (κ1) is 20.1. The van der Waals surface area contributed by atoms with Crippen molar-refractivity contribution >= 4 is 12.1 Å². The summed E-state index contributed by atoms with van der Waals surface area (Å²) in [5, 5.41) is 9.39. The molecule has 144 valence electrons. The van der Waals surface area contributed by atoms with Crippen LogP contribution in [0.25, 0.3) is 0 Å². The SMILES string of the molecule is CN=C(NCCNC(=O)OC(C)(C)C)NCC1(c2ccccc2)CCC1. The molecule has 1 fully saturated rings. The molecular formula is C20H32N4O2. The zero-order chi connectivity index (χ0) is 19.0. The topological polar surface area (TPSA) is 74.8 Å². The Morgan fingerprint density at radius 3 is 2.31 bits per heavy atom. The molecule has 26 heavy (non-hydrogen) atoms. The molecule has 0 radical (unpaired) electrons. The van der Waals surface area contributed by atoms with Crippen LogP contribution < -0.4 is 16.0 Å². The summed E-state index contributed by atoms with van der Waals surface area (Å²) in [6, 6.07) is 10.7. The number of nitrogens with zero attached hydrogens (tertiary/aromatic N) is 1. The molecule has 1 aliphatic rings. The monoisotopic (exact) mass is 360 g/mol. The molecule has 0 unspecified atom stereocenters. The van der Waals surface area contributed by atoms with Gasteiger partial charge in [0.15, 0.2) is 5.96 Å². The maximum absolute atomic E-state index is 11.6. The summed E-state index contributed by atoms with van der Waals surface area (Å²) in [7, 11) is 1.76. The van der Waals surface area contributed by atoms with Gasteiger partial charge in [0.1, 0.15) is 5.60 Å². The van der Waals surface area contributed by atoms with Crippen LogP contribution in [0.3, 0.4) is 0 Å². The van der Waals surface area contributed by atoms with Crippen LogP contribution in [0, 0.1) is 0 Å². The number of aliphatic imine (C=N–C) groups is 1. The average Bonchev–Trinajstić information content (AvgIpc) is 2.55. The Hall–Kier alpha value is -2.24. The number of hydrogen-bond donors (Lipinski definition) is 3. The van der Waals surface area contributed by atoms with Gasteiger partial charge in [-0.1, -0.05) is 36.8 Å². The molecule has 3 N–H and O–H groups in total. The summed E-state index contributed by atoms with van der Waals surface area (Å²) in [5.41, 5.74) is 1.11. The molecule has 6 nitrogen and oxygen atoms in total. The van der Waals surface area contributed by atoms with Crippen molar-refractivity contribution in [2.45, 2.75) is 51.0 Å². The Labute approximate surface area is 156 Å². The van der Waals surface area contributed by atoms with E-state index in [1.165, 1.54) is 24.8 Å². The Kier molecular flexibility index (Phi) is 6.89. The standard InChI is InChI=1S/C20H32N4O2/c1-19(2,3)26-18(25)23-14-13-22-17(21-4)24-15-20(11-8-12-20)16-9-6-5-7-10-16/h5-7,9-10H,8,11-15H2,1-4H3,(H,23,25)(H2,21,22,24). The van der Waals surface area contributed by atoms with Crippen LogP contribution in [-0.2, 0) is 10.2 Å². The summed E-state index contributed by atoms with van der Waals surface area (Å²) in [4.78, 5) is 15.9. The van der Waals surface area contributed by atoms with Crippen LogP contribution in [0.2, 0.25) is 0 Å². The number of rotatable bonds is 6. The lowest BCUT2D eigenvalue weighted by Gasteiger charge is -2.43. The molecule has 1 saturated carbocycles. The zero-order valence-electron chi connectivity index (χ0n) is 16.4. The van der Waals surface area contributed by atoms with Gasteiger partial charge in [0.25, 0.3) is 0 Å². The number of carbonyl (C=O) groups excluding carboxylic acids is 1. The number of carbonyl (C=O) groups is 1. The van der Waals surface area contributed by atoms with E-state index in [-0.39, 0.29) is 5.41 Å². The average molecular weight is 361 g/mol. The summed E-state index contributed by atoms with van der Waals surface area (Å²) >= 11 is 0. The Morgan fingerprint density at radius 1 is 1.12 bits per heavy atom. The Morgan fingerprint density at radius 2 is 1.77 bits per heavy atom. The quantitative estimate of drug-likeness (QED) is 0.414. The molecule has 6 heteroatoms. The lowest BCUT2D eigenvalue weighted by molar-refractivity contribution is 0.0529. The molecular weight excluding hydrogens is 328 g/mol. The largest absolute Gasteiger partial charge is 0.444 e. The van der Waals surface area contributed by atoms with E-state index in [1.807, 2.05) is 20.8 Å². The molecule has 0 bridgehead atoms. The molecule has 0 heterocycles. The van der Waals surface area contributed by atoms with E-state index in [2.05, 4.69) is 51.3 Å². The normalized spacial score (nSPS) is 16.4. The highest BCUT2D eigenvalue weighted by molar-refractivity contribution is 5.79. The smallest absolute Gasteiger partial charge is 0.407 e. The predicted molar refractivity (Wildman–Crippen MR) is 106 cm³/mol. The van der Waals surface area contributed by atoms with Crippen LogP contribution in [0.4, 0.5) is 4.79 Å². The van der Waals surface area contributed by atoms with E-state index in [0.717, 1.165) is 12.5 Å². The fourth-order valence-corrected chi connectivity index (χ4v) is 3.10. The van der Waals surface area contributed by atoms with Crippen LogP contribution in [0.5, 0.6) is 0 Å². The van der Waals surface area contributed by atoms with Crippen LogP contribution in [0.15, 0.2) is 35.3 Å². The van der Waals surface area contributed by atoms with Crippen molar-refractivity contribution in [3.8, 4) is 0 Å². The molecule has 0 aliphatic heterocycles. The van der Waals surface area contributed by atoms with E-state index in [9.17, 15) is 4.79 Å². The van der Waals surface area contributed by atoms with Crippen molar-refractivity contribution in [2.75, 3.05) is 26.7 Å².